The molecule has 27 heavy (non-hydrogen) atoms. The first-order valence-electron chi connectivity index (χ1n) is 8.32. The van der Waals surface area contributed by atoms with E-state index < -0.39 is 40.6 Å². The van der Waals surface area contributed by atoms with Gasteiger partial charge < -0.3 is 10.1 Å². The summed E-state index contributed by atoms with van der Waals surface area (Å²) in [5.41, 5.74) is -0.0582. The Balaban J connectivity index is 2.78. The van der Waals surface area contributed by atoms with Crippen molar-refractivity contribution < 1.29 is 22.7 Å². The molecule has 0 aromatic heterocycles. The van der Waals surface area contributed by atoms with E-state index in [9.17, 15) is 23.3 Å². The number of carbonyl (C=O) groups excluding carboxylic acids is 2. The molecule has 1 amide bonds. The van der Waals surface area contributed by atoms with Crippen LogP contribution in [0.1, 0.15) is 26.3 Å². The number of carbonyl (C=O) groups is 2. The zero-order valence-electron chi connectivity index (χ0n) is 16.1. The molecule has 1 N–H and O–H groups in total. The highest BCUT2D eigenvalue weighted by atomic mass is 32.2. The smallest absolute Gasteiger partial charge is 0.327 e. The molecule has 0 aliphatic heterocycles. The highest BCUT2D eigenvalue weighted by Crippen LogP contribution is 2.21. The van der Waals surface area contributed by atoms with E-state index in [0.29, 0.717) is 11.3 Å². The molecule has 1 aromatic rings. The lowest BCUT2D eigenvalue weighted by Crippen LogP contribution is -2.50. The van der Waals surface area contributed by atoms with Crippen molar-refractivity contribution in [3.05, 3.63) is 29.8 Å². The van der Waals surface area contributed by atoms with Crippen molar-refractivity contribution >= 4 is 27.6 Å². The molecule has 0 aliphatic rings. The fourth-order valence-electron chi connectivity index (χ4n) is 2.16. The lowest BCUT2D eigenvalue weighted by molar-refractivity contribution is -0.147. The minimum Gasteiger partial charge on any atom is -0.454 e. The summed E-state index contributed by atoms with van der Waals surface area (Å²) < 4.78 is 29.9. The molecule has 0 radical (unpaired) electrons. The summed E-state index contributed by atoms with van der Waals surface area (Å²) in [5, 5.41) is 11.7. The lowest BCUT2D eigenvalue weighted by atomic mass is 9.90. The number of nitrogens with zero attached hydrogens (tertiary/aromatic N) is 2. The van der Waals surface area contributed by atoms with Crippen LogP contribution in [0.4, 0.5) is 5.69 Å². The zero-order chi connectivity index (χ0) is 20.8. The molecule has 0 unspecified atom stereocenters. The standard InChI is InChI=1S/C18H25N3O5S/c1-13(2)18(4,12-19)20-16(22)11-26-17(23)10-21(27(5,24)25)15-9-7-6-8-14(15)3/h6-9,13H,10-11H2,1-5H3,(H,20,22)/t18-/m0/s1. The van der Waals surface area contributed by atoms with Gasteiger partial charge in [-0.05, 0) is 31.4 Å². The number of ether oxygens (including phenoxy) is 1. The molecule has 0 bridgehead atoms. The van der Waals surface area contributed by atoms with Crippen LogP contribution in [-0.4, -0.2) is 45.2 Å². The van der Waals surface area contributed by atoms with E-state index in [-0.39, 0.29) is 5.92 Å². The van der Waals surface area contributed by atoms with E-state index in [1.165, 1.54) is 0 Å². The van der Waals surface area contributed by atoms with Gasteiger partial charge in [-0.2, -0.15) is 5.26 Å². The van der Waals surface area contributed by atoms with Crippen LogP contribution >= 0.6 is 0 Å². The molecule has 0 heterocycles. The number of amides is 1. The van der Waals surface area contributed by atoms with Crippen LogP contribution < -0.4 is 9.62 Å². The van der Waals surface area contributed by atoms with Crippen LogP contribution in [0, 0.1) is 24.2 Å². The van der Waals surface area contributed by atoms with E-state index >= 15 is 0 Å². The van der Waals surface area contributed by atoms with Gasteiger partial charge in [-0.3, -0.25) is 13.9 Å². The summed E-state index contributed by atoms with van der Waals surface area (Å²) in [6.07, 6.45) is 0.987. The van der Waals surface area contributed by atoms with Crippen molar-refractivity contribution in [3.8, 4) is 6.07 Å². The van der Waals surface area contributed by atoms with Crippen LogP contribution in [0.15, 0.2) is 24.3 Å². The summed E-state index contributed by atoms with van der Waals surface area (Å²) in [5.74, 6) is -1.66. The fraction of sp³-hybridized carbons (Fsp3) is 0.500. The summed E-state index contributed by atoms with van der Waals surface area (Å²) in [6.45, 7) is 5.69. The first-order valence-corrected chi connectivity index (χ1v) is 10.2. The molecule has 148 valence electrons. The Hall–Kier alpha value is -2.60. The van der Waals surface area contributed by atoms with Crippen molar-refractivity contribution in [2.24, 2.45) is 5.92 Å². The average molecular weight is 395 g/mol. The number of para-hydroxylation sites is 1. The first-order chi connectivity index (χ1) is 12.4. The van der Waals surface area contributed by atoms with E-state index in [2.05, 4.69) is 5.32 Å². The van der Waals surface area contributed by atoms with Gasteiger partial charge >= 0.3 is 5.97 Å². The molecule has 0 fully saturated rings. The van der Waals surface area contributed by atoms with Crippen LogP contribution in [-0.2, 0) is 24.3 Å². The summed E-state index contributed by atoms with van der Waals surface area (Å²) >= 11 is 0. The maximum atomic E-state index is 12.1. The number of benzene rings is 1. The molecular weight excluding hydrogens is 370 g/mol. The van der Waals surface area contributed by atoms with Crippen molar-refractivity contribution in [1.82, 2.24) is 5.32 Å². The molecule has 8 nitrogen and oxygen atoms in total. The molecule has 1 atom stereocenters. The Kier molecular flexibility index (Phi) is 7.37. The van der Waals surface area contributed by atoms with E-state index in [4.69, 9.17) is 4.74 Å². The Bertz CT molecular complexity index is 845. The molecular formula is C18H25N3O5S. The Morgan fingerprint density at radius 2 is 1.93 bits per heavy atom. The van der Waals surface area contributed by atoms with Crippen molar-refractivity contribution in [3.63, 3.8) is 0 Å². The lowest BCUT2D eigenvalue weighted by Gasteiger charge is -2.27. The van der Waals surface area contributed by atoms with Crippen molar-refractivity contribution in [2.45, 2.75) is 33.2 Å². The maximum absolute atomic E-state index is 12.1. The van der Waals surface area contributed by atoms with Gasteiger partial charge in [0.05, 0.1) is 18.0 Å². The predicted molar refractivity (Wildman–Crippen MR) is 101 cm³/mol. The van der Waals surface area contributed by atoms with Gasteiger partial charge in [-0.25, -0.2) is 8.42 Å². The number of hydrogen-bond acceptors (Lipinski definition) is 6. The van der Waals surface area contributed by atoms with E-state index in [1.807, 2.05) is 6.07 Å². The topological polar surface area (TPSA) is 117 Å². The zero-order valence-corrected chi connectivity index (χ0v) is 17.0. The molecule has 0 aliphatic carbocycles. The quantitative estimate of drug-likeness (QED) is 0.664. The Morgan fingerprint density at radius 3 is 2.41 bits per heavy atom. The minimum absolute atomic E-state index is 0.149. The van der Waals surface area contributed by atoms with Crippen molar-refractivity contribution in [1.29, 1.82) is 5.26 Å². The second-order valence-electron chi connectivity index (χ2n) is 6.73. The number of nitriles is 1. The van der Waals surface area contributed by atoms with Gasteiger partial charge in [0, 0.05) is 0 Å². The third-order valence-corrected chi connectivity index (χ3v) is 5.33. The van der Waals surface area contributed by atoms with Gasteiger partial charge in [-0.15, -0.1) is 0 Å². The predicted octanol–water partition coefficient (Wildman–Crippen LogP) is 1.36. The second kappa shape index (κ2) is 8.86. The van der Waals surface area contributed by atoms with Crippen LogP contribution in [0.2, 0.25) is 0 Å². The summed E-state index contributed by atoms with van der Waals surface area (Å²) in [7, 11) is -3.73. The number of esters is 1. The summed E-state index contributed by atoms with van der Waals surface area (Å²) in [6, 6.07) is 8.73. The number of aryl methyl sites for hydroxylation is 1. The molecule has 0 saturated carbocycles. The molecule has 1 aromatic carbocycles. The first kappa shape index (κ1) is 22.4. The fourth-order valence-corrected chi connectivity index (χ4v) is 3.06. The van der Waals surface area contributed by atoms with Gasteiger partial charge in [0.1, 0.15) is 12.1 Å². The normalized spacial score (nSPS) is 13.4. The highest BCUT2D eigenvalue weighted by Gasteiger charge is 2.30. The van der Waals surface area contributed by atoms with E-state index in [1.54, 1.807) is 52.0 Å². The number of anilines is 1. The second-order valence-corrected chi connectivity index (χ2v) is 8.64. The number of rotatable bonds is 8. The SMILES string of the molecule is Cc1ccccc1N(CC(=O)OCC(=O)N[C@@](C)(C#N)C(C)C)S(C)(=O)=O. The third kappa shape index (κ3) is 6.25. The maximum Gasteiger partial charge on any atom is 0.327 e. The largest absolute Gasteiger partial charge is 0.454 e. The number of hydrogen-bond donors (Lipinski definition) is 1. The molecule has 9 heteroatoms. The monoisotopic (exact) mass is 395 g/mol. The molecule has 0 spiro atoms. The number of nitrogens with one attached hydrogen (secondary N) is 1. The molecule has 0 saturated heterocycles. The van der Waals surface area contributed by atoms with Gasteiger partial charge in [0.15, 0.2) is 6.61 Å². The van der Waals surface area contributed by atoms with Gasteiger partial charge in [0.25, 0.3) is 5.91 Å². The van der Waals surface area contributed by atoms with E-state index in [0.717, 1.165) is 10.6 Å². The molecule has 1 rings (SSSR count). The van der Waals surface area contributed by atoms with Gasteiger partial charge in [0.2, 0.25) is 10.0 Å². The average Bonchev–Trinajstić information content (AvgIpc) is 2.57. The summed E-state index contributed by atoms with van der Waals surface area (Å²) in [4.78, 5) is 24.0. The third-order valence-electron chi connectivity index (χ3n) is 4.21. The van der Waals surface area contributed by atoms with Crippen LogP contribution in [0.25, 0.3) is 0 Å². The Morgan fingerprint density at radius 1 is 1.33 bits per heavy atom. The highest BCUT2D eigenvalue weighted by molar-refractivity contribution is 7.92. The Labute approximate surface area is 160 Å². The van der Waals surface area contributed by atoms with Crippen LogP contribution in [0.5, 0.6) is 0 Å². The number of sulfonamides is 1. The minimum atomic E-state index is -3.73. The van der Waals surface area contributed by atoms with Gasteiger partial charge in [-0.1, -0.05) is 32.0 Å². The van der Waals surface area contributed by atoms with Crippen LogP contribution in [0.3, 0.4) is 0 Å². The van der Waals surface area contributed by atoms with Crippen molar-refractivity contribution in [2.75, 3.05) is 23.7 Å².